The Bertz CT molecular complexity index is 1200. The number of carbonyl (C=O) groups excluding carboxylic acids is 4. The number of allylic oxidation sites excluding steroid dienone is 4. The molecule has 2 bridgehead atoms. The maximum Gasteiger partial charge on any atom is 0.405 e. The summed E-state index contributed by atoms with van der Waals surface area (Å²) in [6.07, 6.45) is 4.38. The first kappa shape index (κ1) is 35.6. The van der Waals surface area contributed by atoms with E-state index in [9.17, 15) is 24.3 Å². The number of methoxy groups -OCH3 is 2. The highest BCUT2D eigenvalue weighted by molar-refractivity contribution is 6.23. The number of hydrogen-bond acceptors (Lipinski definition) is 10. The van der Waals surface area contributed by atoms with Gasteiger partial charge in [0, 0.05) is 43.9 Å². The molecule has 7 N–H and O–H groups in total. The highest BCUT2D eigenvalue weighted by Gasteiger charge is 2.33. The van der Waals surface area contributed by atoms with Gasteiger partial charge in [-0.15, -0.1) is 0 Å². The lowest BCUT2D eigenvalue weighted by Crippen LogP contribution is -2.38. The van der Waals surface area contributed by atoms with Crippen molar-refractivity contribution in [2.24, 2.45) is 23.3 Å². The summed E-state index contributed by atoms with van der Waals surface area (Å²) in [6.45, 7) is 7.79. The Morgan fingerprint density at radius 2 is 1.86 bits per heavy atom. The van der Waals surface area contributed by atoms with Crippen molar-refractivity contribution >= 4 is 23.6 Å². The van der Waals surface area contributed by atoms with Gasteiger partial charge in [0.25, 0.3) is 5.91 Å². The molecule has 0 aromatic carbocycles. The quantitative estimate of drug-likeness (QED) is 0.163. The van der Waals surface area contributed by atoms with E-state index in [0.717, 1.165) is 6.08 Å². The molecule has 2 amide bonds. The lowest BCUT2D eigenvalue weighted by molar-refractivity contribution is -0.120. The van der Waals surface area contributed by atoms with Crippen LogP contribution in [0.25, 0.3) is 0 Å². The summed E-state index contributed by atoms with van der Waals surface area (Å²) in [7, 11) is 2.92. The second-order valence-corrected chi connectivity index (χ2v) is 11.0. The van der Waals surface area contributed by atoms with Crippen LogP contribution < -0.4 is 22.1 Å². The molecule has 12 heteroatoms. The van der Waals surface area contributed by atoms with Crippen LogP contribution in [0.4, 0.5) is 4.79 Å². The van der Waals surface area contributed by atoms with E-state index in [4.69, 9.17) is 25.7 Å². The number of nitrogens with one attached hydrogen (secondary N) is 2. The fourth-order valence-electron chi connectivity index (χ4n) is 5.09. The second kappa shape index (κ2) is 16.9. The second-order valence-electron chi connectivity index (χ2n) is 11.0. The SMILES string of the molecule is CO[C@H]1C[C@H](C)CC2=C(NCCCN)C(=O)C=C(NC(=O)/C(C)=C/C=C\[C@@H](OC)[C@@H](OC(N)=O)/C(C)=C/[C@H](C)[C@H]1O)C2=O. The summed E-state index contributed by atoms with van der Waals surface area (Å²) in [6, 6.07) is 0. The van der Waals surface area contributed by atoms with Crippen LogP contribution in [0.3, 0.4) is 0 Å². The Hall–Kier alpha value is -3.58. The molecular formula is C31H46N4O8. The number of primary amides is 1. The molecule has 2 rings (SSSR count). The van der Waals surface area contributed by atoms with Crippen molar-refractivity contribution in [1.82, 2.24) is 10.6 Å². The molecule has 1 heterocycles. The maximum atomic E-state index is 13.6. The highest BCUT2D eigenvalue weighted by atomic mass is 16.6. The van der Waals surface area contributed by atoms with E-state index in [-0.39, 0.29) is 34.9 Å². The van der Waals surface area contributed by atoms with Crippen LogP contribution in [-0.2, 0) is 28.6 Å². The van der Waals surface area contributed by atoms with Crippen molar-refractivity contribution in [3.05, 3.63) is 58.5 Å². The summed E-state index contributed by atoms with van der Waals surface area (Å²) >= 11 is 0. The van der Waals surface area contributed by atoms with Crippen molar-refractivity contribution in [1.29, 1.82) is 0 Å². The van der Waals surface area contributed by atoms with Crippen molar-refractivity contribution in [3.8, 4) is 0 Å². The molecule has 0 saturated heterocycles. The number of aliphatic hydroxyl groups is 1. The fraction of sp³-hybridized carbons (Fsp3) is 0.548. The van der Waals surface area contributed by atoms with Gasteiger partial charge in [-0.25, -0.2) is 4.79 Å². The third kappa shape index (κ3) is 9.99. The summed E-state index contributed by atoms with van der Waals surface area (Å²) in [5, 5.41) is 16.9. The van der Waals surface area contributed by atoms with Gasteiger partial charge >= 0.3 is 6.09 Å². The Morgan fingerprint density at radius 1 is 1.16 bits per heavy atom. The lowest BCUT2D eigenvalue weighted by Gasteiger charge is -2.30. The molecule has 0 aromatic heterocycles. The molecule has 0 radical (unpaired) electrons. The topological polar surface area (TPSA) is 192 Å². The Labute approximate surface area is 253 Å². The zero-order chi connectivity index (χ0) is 32.3. The van der Waals surface area contributed by atoms with E-state index < -0.39 is 53.9 Å². The number of Topliss-reactive ketones (excluding diaryl/α,β-unsaturated/α-hetero) is 1. The van der Waals surface area contributed by atoms with E-state index in [1.807, 2.05) is 6.92 Å². The molecule has 43 heavy (non-hydrogen) atoms. The minimum Gasteiger partial charge on any atom is -0.439 e. The Balaban J connectivity index is 2.61. The first-order valence-corrected chi connectivity index (χ1v) is 14.4. The van der Waals surface area contributed by atoms with Gasteiger partial charge in [0.05, 0.1) is 23.6 Å². The summed E-state index contributed by atoms with van der Waals surface area (Å²) < 4.78 is 16.6. The zero-order valence-electron chi connectivity index (χ0n) is 25.8. The molecule has 0 fully saturated rings. The molecule has 12 nitrogen and oxygen atoms in total. The molecule has 0 spiro atoms. The van der Waals surface area contributed by atoms with Gasteiger partial charge in [-0.1, -0.05) is 38.2 Å². The van der Waals surface area contributed by atoms with E-state index in [0.29, 0.717) is 31.5 Å². The molecule has 238 valence electrons. The monoisotopic (exact) mass is 602 g/mol. The standard InChI is InChI=1S/C31H46N4O8/c1-17-13-21-26(34-12-8-11-32)23(36)16-22(28(21)38)35-30(39)18(2)9-7-10-24(41-5)29(43-31(33)40)20(4)15-19(3)27(37)25(14-17)42-6/h7,9-10,15-17,19,24-25,27,29,34,37H,8,11-14,32H2,1-6H3,(H2,33,40)(H,35,39)/b10-7-,18-9+,20-15+/t17-,19+,24-,25+,27-,29+/m1/s1. The third-order valence-electron chi connectivity index (χ3n) is 7.48. The van der Waals surface area contributed by atoms with Crippen LogP contribution in [-0.4, -0.2) is 80.4 Å². The molecule has 0 saturated carbocycles. The van der Waals surface area contributed by atoms with Gasteiger partial charge < -0.3 is 41.4 Å². The first-order chi connectivity index (χ1) is 20.3. The van der Waals surface area contributed by atoms with Crippen LogP contribution in [0.2, 0.25) is 0 Å². The Kier molecular flexibility index (Phi) is 14.0. The number of nitrogens with two attached hydrogens (primary N) is 2. The average molecular weight is 603 g/mol. The van der Waals surface area contributed by atoms with Gasteiger partial charge in [0.1, 0.15) is 6.10 Å². The molecular weight excluding hydrogens is 556 g/mol. The zero-order valence-corrected chi connectivity index (χ0v) is 25.8. The van der Waals surface area contributed by atoms with Crippen LogP contribution in [0, 0.1) is 11.8 Å². The fourth-order valence-corrected chi connectivity index (χ4v) is 5.09. The number of ether oxygens (including phenoxy) is 3. The van der Waals surface area contributed by atoms with Crippen LogP contribution in [0.5, 0.6) is 0 Å². The minimum atomic E-state index is -1.00. The molecule has 2 aliphatic rings. The summed E-state index contributed by atoms with van der Waals surface area (Å²) in [4.78, 5) is 51.5. The third-order valence-corrected chi connectivity index (χ3v) is 7.48. The number of fused-ring (bicyclic) bond motifs is 2. The van der Waals surface area contributed by atoms with Crippen molar-refractivity contribution in [3.63, 3.8) is 0 Å². The van der Waals surface area contributed by atoms with Gasteiger partial charge in [0.15, 0.2) is 6.10 Å². The van der Waals surface area contributed by atoms with Gasteiger partial charge in [0.2, 0.25) is 11.6 Å². The van der Waals surface area contributed by atoms with Crippen LogP contribution >= 0.6 is 0 Å². The molecule has 6 atom stereocenters. The predicted molar refractivity (Wildman–Crippen MR) is 161 cm³/mol. The first-order valence-electron chi connectivity index (χ1n) is 14.4. The smallest absolute Gasteiger partial charge is 0.405 e. The number of ketones is 2. The largest absolute Gasteiger partial charge is 0.439 e. The number of carbonyl (C=O) groups is 4. The predicted octanol–water partition coefficient (Wildman–Crippen LogP) is 1.70. The maximum absolute atomic E-state index is 13.6. The van der Waals surface area contributed by atoms with Gasteiger partial charge in [-0.05, 0) is 51.1 Å². The van der Waals surface area contributed by atoms with Gasteiger partial charge in [-0.3, -0.25) is 14.4 Å². The van der Waals surface area contributed by atoms with E-state index >= 15 is 0 Å². The van der Waals surface area contributed by atoms with E-state index in [2.05, 4.69) is 10.6 Å². The number of hydrogen-bond donors (Lipinski definition) is 5. The van der Waals surface area contributed by atoms with E-state index in [1.54, 1.807) is 39.0 Å². The molecule has 1 aliphatic heterocycles. The minimum absolute atomic E-state index is 0.127. The van der Waals surface area contributed by atoms with Crippen molar-refractivity contribution in [2.45, 2.75) is 71.4 Å². The van der Waals surface area contributed by atoms with Crippen LogP contribution in [0.1, 0.15) is 47.0 Å². The molecule has 0 unspecified atom stereocenters. The summed E-state index contributed by atoms with van der Waals surface area (Å²) in [5.41, 5.74) is 12.1. The van der Waals surface area contributed by atoms with E-state index in [1.165, 1.54) is 20.3 Å². The van der Waals surface area contributed by atoms with Crippen LogP contribution in [0.15, 0.2) is 58.5 Å². The highest BCUT2D eigenvalue weighted by Crippen LogP contribution is 2.28. The van der Waals surface area contributed by atoms with Crippen molar-refractivity contribution in [2.75, 3.05) is 27.3 Å². The lowest BCUT2D eigenvalue weighted by atomic mass is 9.85. The Morgan fingerprint density at radius 3 is 2.47 bits per heavy atom. The van der Waals surface area contributed by atoms with Crippen molar-refractivity contribution < 1.29 is 38.5 Å². The molecule has 1 aliphatic carbocycles. The summed E-state index contributed by atoms with van der Waals surface area (Å²) in [5.74, 6) is -2.12. The number of aliphatic hydroxyl groups excluding tert-OH is 1. The molecule has 0 aromatic rings. The number of rotatable bonds is 7. The number of amides is 2. The normalized spacial score (nSPS) is 31.3. The average Bonchev–Trinajstić information content (AvgIpc) is 2.95. The van der Waals surface area contributed by atoms with Gasteiger partial charge in [-0.2, -0.15) is 0 Å².